The van der Waals surface area contributed by atoms with Crippen LogP contribution in [0.25, 0.3) is 0 Å². The highest BCUT2D eigenvalue weighted by Gasteiger charge is 2.27. The van der Waals surface area contributed by atoms with Gasteiger partial charge in [0.25, 0.3) is 5.91 Å². The van der Waals surface area contributed by atoms with E-state index in [9.17, 15) is 13.6 Å². The molecule has 0 saturated carbocycles. The Hall–Kier alpha value is -3.39. The third kappa shape index (κ3) is 4.91. The van der Waals surface area contributed by atoms with Gasteiger partial charge in [-0.2, -0.15) is 0 Å². The highest BCUT2D eigenvalue weighted by molar-refractivity contribution is 5.94. The molecule has 168 valence electrons. The van der Waals surface area contributed by atoms with Crippen LogP contribution in [0.4, 0.5) is 14.5 Å². The number of halogens is 2. The molecule has 0 spiro atoms. The van der Waals surface area contributed by atoms with Crippen LogP contribution < -0.4 is 15.0 Å². The van der Waals surface area contributed by atoms with Gasteiger partial charge in [0.1, 0.15) is 11.5 Å². The van der Waals surface area contributed by atoms with Gasteiger partial charge in [0.05, 0.1) is 19.4 Å². The molecular formula is C24H25F2N3O3. The monoisotopic (exact) mass is 441 g/mol. The molecule has 1 N–H and O–H groups in total. The summed E-state index contributed by atoms with van der Waals surface area (Å²) in [7, 11) is 1.65. The lowest BCUT2D eigenvalue weighted by Gasteiger charge is -2.39. The fraction of sp³-hybridized carbons (Fsp3) is 0.292. The smallest absolute Gasteiger partial charge is 0.251 e. The van der Waals surface area contributed by atoms with E-state index >= 15 is 0 Å². The summed E-state index contributed by atoms with van der Waals surface area (Å²) in [4.78, 5) is 17.0. The van der Waals surface area contributed by atoms with E-state index < -0.39 is 17.5 Å². The van der Waals surface area contributed by atoms with Crippen LogP contribution in [0.3, 0.4) is 0 Å². The van der Waals surface area contributed by atoms with Gasteiger partial charge < -0.3 is 19.4 Å². The van der Waals surface area contributed by atoms with Crippen molar-refractivity contribution >= 4 is 11.6 Å². The van der Waals surface area contributed by atoms with E-state index in [0.29, 0.717) is 0 Å². The number of ether oxygens (including phenoxy) is 1. The Morgan fingerprint density at radius 2 is 1.81 bits per heavy atom. The maximum absolute atomic E-state index is 13.5. The van der Waals surface area contributed by atoms with Crippen molar-refractivity contribution in [2.45, 2.75) is 6.04 Å². The zero-order valence-electron chi connectivity index (χ0n) is 17.8. The van der Waals surface area contributed by atoms with Gasteiger partial charge in [0.2, 0.25) is 0 Å². The number of hydrogen-bond acceptors (Lipinski definition) is 5. The third-order valence-electron chi connectivity index (χ3n) is 5.70. The summed E-state index contributed by atoms with van der Waals surface area (Å²) in [5, 5.41) is 2.83. The number of carbonyl (C=O) groups is 1. The Bertz CT molecular complexity index is 1030. The van der Waals surface area contributed by atoms with E-state index in [4.69, 9.17) is 9.15 Å². The highest BCUT2D eigenvalue weighted by Crippen LogP contribution is 2.25. The Labute approximate surface area is 185 Å². The molecule has 8 heteroatoms. The molecule has 1 aromatic heterocycles. The number of carbonyl (C=O) groups excluding carboxylic acids is 1. The summed E-state index contributed by atoms with van der Waals surface area (Å²) in [6, 6.07) is 14.6. The number of anilines is 1. The Morgan fingerprint density at radius 3 is 2.44 bits per heavy atom. The van der Waals surface area contributed by atoms with Crippen molar-refractivity contribution in [2.75, 3.05) is 44.7 Å². The first-order valence-electron chi connectivity index (χ1n) is 10.4. The maximum atomic E-state index is 13.5. The second-order valence-corrected chi connectivity index (χ2v) is 7.59. The minimum Gasteiger partial charge on any atom is -0.497 e. The zero-order valence-corrected chi connectivity index (χ0v) is 17.8. The number of benzene rings is 2. The third-order valence-corrected chi connectivity index (χ3v) is 5.70. The van der Waals surface area contributed by atoms with Crippen LogP contribution in [0.15, 0.2) is 65.3 Å². The van der Waals surface area contributed by atoms with Crippen molar-refractivity contribution < 1.29 is 22.7 Å². The normalized spacial score (nSPS) is 15.4. The minimum atomic E-state index is -1.05. The number of amides is 1. The van der Waals surface area contributed by atoms with Crippen molar-refractivity contribution in [1.82, 2.24) is 10.2 Å². The largest absolute Gasteiger partial charge is 0.497 e. The average molecular weight is 441 g/mol. The first-order chi connectivity index (χ1) is 15.5. The molecule has 0 unspecified atom stereocenters. The number of nitrogens with zero attached hydrogens (tertiary/aromatic N) is 2. The van der Waals surface area contributed by atoms with Crippen LogP contribution in [0, 0.1) is 11.6 Å². The number of nitrogens with one attached hydrogen (secondary N) is 1. The molecule has 3 aromatic rings. The van der Waals surface area contributed by atoms with Gasteiger partial charge in [-0.3, -0.25) is 9.69 Å². The molecule has 0 aliphatic carbocycles. The van der Waals surface area contributed by atoms with Crippen molar-refractivity contribution in [2.24, 2.45) is 0 Å². The van der Waals surface area contributed by atoms with Gasteiger partial charge >= 0.3 is 0 Å². The summed E-state index contributed by atoms with van der Waals surface area (Å²) in [5.74, 6) is -0.924. The molecule has 6 nitrogen and oxygen atoms in total. The molecule has 2 aromatic carbocycles. The second-order valence-electron chi connectivity index (χ2n) is 7.59. The van der Waals surface area contributed by atoms with Crippen LogP contribution in [0.5, 0.6) is 5.75 Å². The van der Waals surface area contributed by atoms with E-state index in [-0.39, 0.29) is 18.2 Å². The Morgan fingerprint density at radius 1 is 1.06 bits per heavy atom. The van der Waals surface area contributed by atoms with Crippen LogP contribution >= 0.6 is 0 Å². The minimum absolute atomic E-state index is 0.0754. The Balaban J connectivity index is 1.40. The van der Waals surface area contributed by atoms with Crippen molar-refractivity contribution in [1.29, 1.82) is 0 Å². The van der Waals surface area contributed by atoms with Crippen molar-refractivity contribution in [3.8, 4) is 5.75 Å². The number of methoxy groups -OCH3 is 1. The van der Waals surface area contributed by atoms with Gasteiger partial charge in [0, 0.05) is 44.0 Å². The molecule has 4 rings (SSSR count). The van der Waals surface area contributed by atoms with Crippen LogP contribution in [0.1, 0.15) is 22.2 Å². The number of hydrogen-bond donors (Lipinski definition) is 1. The van der Waals surface area contributed by atoms with Gasteiger partial charge in [-0.25, -0.2) is 8.78 Å². The molecule has 2 heterocycles. The van der Waals surface area contributed by atoms with Crippen molar-refractivity contribution in [3.05, 3.63) is 83.8 Å². The molecule has 1 fully saturated rings. The lowest BCUT2D eigenvalue weighted by Crippen LogP contribution is -2.49. The predicted octanol–water partition coefficient (Wildman–Crippen LogP) is 3.86. The molecule has 32 heavy (non-hydrogen) atoms. The molecule has 0 radical (unpaired) electrons. The molecule has 1 saturated heterocycles. The van der Waals surface area contributed by atoms with Crippen LogP contribution in [-0.4, -0.2) is 50.6 Å². The van der Waals surface area contributed by atoms with E-state index in [1.807, 2.05) is 36.4 Å². The number of piperazine rings is 1. The summed E-state index contributed by atoms with van der Waals surface area (Å²) < 4.78 is 37.5. The molecule has 1 atom stereocenters. The summed E-state index contributed by atoms with van der Waals surface area (Å²) in [6.07, 6.45) is 1.60. The van der Waals surface area contributed by atoms with Crippen molar-refractivity contribution in [3.63, 3.8) is 0 Å². The van der Waals surface area contributed by atoms with E-state index in [1.165, 1.54) is 6.07 Å². The molecule has 1 aliphatic rings. The molecule has 0 bridgehead atoms. The Kier molecular flexibility index (Phi) is 6.70. The molecule has 1 aliphatic heterocycles. The van der Waals surface area contributed by atoms with E-state index in [0.717, 1.165) is 55.5 Å². The summed E-state index contributed by atoms with van der Waals surface area (Å²) >= 11 is 0. The lowest BCUT2D eigenvalue weighted by molar-refractivity contribution is 0.0922. The van der Waals surface area contributed by atoms with Gasteiger partial charge in [-0.15, -0.1) is 0 Å². The SMILES string of the molecule is COc1ccc(N2CCN([C@@H](CNC(=O)c3ccc(F)c(F)c3)c3ccco3)CC2)cc1. The highest BCUT2D eigenvalue weighted by atomic mass is 19.2. The number of rotatable bonds is 7. The van der Waals surface area contributed by atoms with Crippen LogP contribution in [-0.2, 0) is 0 Å². The number of furan rings is 1. The average Bonchev–Trinajstić information content (AvgIpc) is 3.36. The maximum Gasteiger partial charge on any atom is 0.251 e. The summed E-state index contributed by atoms with van der Waals surface area (Å²) in [6.45, 7) is 3.48. The van der Waals surface area contributed by atoms with E-state index in [2.05, 4.69) is 15.1 Å². The standard InChI is InChI=1S/C24H25F2N3O3/c1-31-19-7-5-18(6-8-19)28-10-12-29(13-11-28)22(23-3-2-14-32-23)16-27-24(30)17-4-9-20(25)21(26)15-17/h2-9,14-15,22H,10-13,16H2,1H3,(H,27,30)/t22-/m0/s1. The van der Waals surface area contributed by atoms with Gasteiger partial charge in [-0.05, 0) is 54.6 Å². The summed E-state index contributed by atoms with van der Waals surface area (Å²) in [5.41, 5.74) is 1.21. The fourth-order valence-electron chi connectivity index (χ4n) is 3.90. The van der Waals surface area contributed by atoms with Gasteiger partial charge in [0.15, 0.2) is 11.6 Å². The predicted molar refractivity (Wildman–Crippen MR) is 117 cm³/mol. The second kappa shape index (κ2) is 9.82. The van der Waals surface area contributed by atoms with Gasteiger partial charge in [-0.1, -0.05) is 0 Å². The molecule has 1 amide bonds. The fourth-order valence-corrected chi connectivity index (χ4v) is 3.90. The quantitative estimate of drug-likeness (QED) is 0.604. The van der Waals surface area contributed by atoms with Crippen LogP contribution in [0.2, 0.25) is 0 Å². The van der Waals surface area contributed by atoms with E-state index in [1.54, 1.807) is 13.4 Å². The molecular weight excluding hydrogens is 416 g/mol. The first kappa shape index (κ1) is 21.8. The topological polar surface area (TPSA) is 58.0 Å². The lowest BCUT2D eigenvalue weighted by atomic mass is 10.1. The first-order valence-corrected chi connectivity index (χ1v) is 10.4. The zero-order chi connectivity index (χ0) is 22.5.